The second kappa shape index (κ2) is 6.56. The summed E-state index contributed by atoms with van der Waals surface area (Å²) in [6, 6.07) is 0.956. The minimum Gasteiger partial charge on any atom is -0.461 e. The fourth-order valence-corrected chi connectivity index (χ4v) is 2.23. The molecule has 0 bridgehead atoms. The van der Waals surface area contributed by atoms with E-state index in [0.717, 1.165) is 19.6 Å². The number of ether oxygens (including phenoxy) is 1. The predicted molar refractivity (Wildman–Crippen MR) is 71.4 cm³/mol. The van der Waals surface area contributed by atoms with Crippen LogP contribution in [0.2, 0.25) is 0 Å². The molecule has 1 aliphatic rings. The van der Waals surface area contributed by atoms with Crippen LogP contribution in [0.15, 0.2) is 10.7 Å². The molecule has 1 N–H and O–H groups in total. The van der Waals surface area contributed by atoms with Gasteiger partial charge in [-0.1, -0.05) is 0 Å². The number of anilines is 1. The molecule has 1 atom stereocenters. The number of likely N-dealkylation sites (N-methyl/N-ethyl adjacent to an activating group) is 1. The maximum atomic E-state index is 11.5. The van der Waals surface area contributed by atoms with Gasteiger partial charge in [0, 0.05) is 19.1 Å². The standard InChI is InChI=1S/C13H21N3O3/c1-3-16(8-10-6-5-7-14-10)13-15-11(9-19-13)12(17)18-4-2/h9-10,14H,3-8H2,1-2H3. The molecule has 1 saturated heterocycles. The molecular weight excluding hydrogens is 246 g/mol. The third-order valence-electron chi connectivity index (χ3n) is 3.23. The summed E-state index contributed by atoms with van der Waals surface area (Å²) in [5.41, 5.74) is 0.231. The third-order valence-corrected chi connectivity index (χ3v) is 3.23. The van der Waals surface area contributed by atoms with Crippen molar-refractivity contribution >= 4 is 12.0 Å². The van der Waals surface area contributed by atoms with E-state index in [-0.39, 0.29) is 5.69 Å². The molecule has 1 fully saturated rings. The molecule has 6 heteroatoms. The van der Waals surface area contributed by atoms with Crippen molar-refractivity contribution < 1.29 is 13.9 Å². The van der Waals surface area contributed by atoms with Gasteiger partial charge in [-0.15, -0.1) is 0 Å². The fraction of sp³-hybridized carbons (Fsp3) is 0.692. The molecule has 106 valence electrons. The average molecular weight is 267 g/mol. The Bertz CT molecular complexity index is 413. The van der Waals surface area contributed by atoms with Crippen LogP contribution in [0.1, 0.15) is 37.2 Å². The molecule has 0 saturated carbocycles. The highest BCUT2D eigenvalue weighted by Gasteiger charge is 2.21. The summed E-state index contributed by atoms with van der Waals surface area (Å²) in [7, 11) is 0. The molecule has 1 aromatic rings. The van der Waals surface area contributed by atoms with Gasteiger partial charge in [-0.3, -0.25) is 0 Å². The number of aromatic nitrogens is 1. The number of nitrogens with zero attached hydrogens (tertiary/aromatic N) is 2. The Morgan fingerprint density at radius 3 is 3.11 bits per heavy atom. The molecule has 19 heavy (non-hydrogen) atoms. The highest BCUT2D eigenvalue weighted by Crippen LogP contribution is 2.16. The Kier molecular flexibility index (Phi) is 4.79. The third kappa shape index (κ3) is 3.47. The normalized spacial score (nSPS) is 18.5. The Labute approximate surface area is 113 Å². The fourth-order valence-electron chi connectivity index (χ4n) is 2.23. The summed E-state index contributed by atoms with van der Waals surface area (Å²) in [6.45, 7) is 6.86. The Morgan fingerprint density at radius 1 is 1.63 bits per heavy atom. The number of nitrogens with one attached hydrogen (secondary N) is 1. The first-order valence-electron chi connectivity index (χ1n) is 6.85. The molecule has 1 aliphatic heterocycles. The number of carbonyl (C=O) groups excluding carboxylic acids is 1. The Morgan fingerprint density at radius 2 is 2.47 bits per heavy atom. The second-order valence-corrected chi connectivity index (χ2v) is 4.57. The van der Waals surface area contributed by atoms with Gasteiger partial charge in [-0.05, 0) is 33.2 Å². The van der Waals surface area contributed by atoms with Gasteiger partial charge >= 0.3 is 5.97 Å². The molecule has 2 rings (SSSR count). The van der Waals surface area contributed by atoms with E-state index in [1.165, 1.54) is 19.1 Å². The average Bonchev–Trinajstić information content (AvgIpc) is 3.07. The van der Waals surface area contributed by atoms with Gasteiger partial charge < -0.3 is 19.4 Å². The Balaban J connectivity index is 1.99. The van der Waals surface area contributed by atoms with Gasteiger partial charge in [-0.25, -0.2) is 4.79 Å². The van der Waals surface area contributed by atoms with Crippen LogP contribution in [0.5, 0.6) is 0 Å². The predicted octanol–water partition coefficient (Wildman–Crippen LogP) is 1.43. The van der Waals surface area contributed by atoms with Crippen LogP contribution in [0.3, 0.4) is 0 Å². The summed E-state index contributed by atoms with van der Waals surface area (Å²) in [6.07, 6.45) is 3.74. The van der Waals surface area contributed by atoms with Crippen molar-refractivity contribution in [2.24, 2.45) is 0 Å². The molecule has 6 nitrogen and oxygen atoms in total. The first kappa shape index (κ1) is 13.9. The zero-order valence-electron chi connectivity index (χ0n) is 11.5. The number of esters is 1. The molecule has 2 heterocycles. The highest BCUT2D eigenvalue weighted by atomic mass is 16.5. The maximum absolute atomic E-state index is 11.5. The second-order valence-electron chi connectivity index (χ2n) is 4.57. The lowest BCUT2D eigenvalue weighted by molar-refractivity contribution is 0.0519. The van der Waals surface area contributed by atoms with Crippen LogP contribution < -0.4 is 10.2 Å². The van der Waals surface area contributed by atoms with Crippen molar-refractivity contribution in [3.63, 3.8) is 0 Å². The molecule has 1 unspecified atom stereocenters. The molecule has 1 aromatic heterocycles. The van der Waals surface area contributed by atoms with Gasteiger partial charge in [0.05, 0.1) is 6.61 Å². The monoisotopic (exact) mass is 267 g/mol. The van der Waals surface area contributed by atoms with E-state index in [1.54, 1.807) is 6.92 Å². The lowest BCUT2D eigenvalue weighted by Crippen LogP contribution is -2.37. The smallest absolute Gasteiger partial charge is 0.360 e. The molecule has 0 amide bonds. The largest absolute Gasteiger partial charge is 0.461 e. The van der Waals surface area contributed by atoms with Crippen molar-refractivity contribution in [2.45, 2.75) is 32.7 Å². The zero-order valence-corrected chi connectivity index (χ0v) is 11.5. The molecular formula is C13H21N3O3. The summed E-state index contributed by atoms with van der Waals surface area (Å²) in [5, 5.41) is 3.44. The van der Waals surface area contributed by atoms with E-state index in [0.29, 0.717) is 18.7 Å². The Hall–Kier alpha value is -1.56. The van der Waals surface area contributed by atoms with Crippen LogP contribution in [-0.2, 0) is 4.74 Å². The van der Waals surface area contributed by atoms with Crippen molar-refractivity contribution in [3.05, 3.63) is 12.0 Å². The van der Waals surface area contributed by atoms with Crippen molar-refractivity contribution in [2.75, 3.05) is 31.1 Å². The van der Waals surface area contributed by atoms with Gasteiger partial charge in [-0.2, -0.15) is 4.98 Å². The van der Waals surface area contributed by atoms with Crippen molar-refractivity contribution in [1.82, 2.24) is 10.3 Å². The van der Waals surface area contributed by atoms with Crippen LogP contribution in [0, 0.1) is 0 Å². The van der Waals surface area contributed by atoms with Gasteiger partial charge in [0.1, 0.15) is 6.26 Å². The lowest BCUT2D eigenvalue weighted by Gasteiger charge is -2.22. The molecule has 0 aromatic carbocycles. The van der Waals surface area contributed by atoms with Crippen LogP contribution in [-0.4, -0.2) is 43.2 Å². The van der Waals surface area contributed by atoms with E-state index >= 15 is 0 Å². The van der Waals surface area contributed by atoms with E-state index in [2.05, 4.69) is 10.3 Å². The summed E-state index contributed by atoms with van der Waals surface area (Å²) < 4.78 is 10.3. The number of hydrogen-bond acceptors (Lipinski definition) is 6. The van der Waals surface area contributed by atoms with Crippen LogP contribution in [0.25, 0.3) is 0 Å². The quantitative estimate of drug-likeness (QED) is 0.786. The van der Waals surface area contributed by atoms with Crippen LogP contribution >= 0.6 is 0 Å². The highest BCUT2D eigenvalue weighted by molar-refractivity contribution is 5.87. The van der Waals surface area contributed by atoms with Gasteiger partial charge in [0.2, 0.25) is 0 Å². The van der Waals surface area contributed by atoms with Crippen LogP contribution in [0.4, 0.5) is 6.01 Å². The van der Waals surface area contributed by atoms with E-state index in [4.69, 9.17) is 9.15 Å². The maximum Gasteiger partial charge on any atom is 0.360 e. The van der Waals surface area contributed by atoms with Gasteiger partial charge in [0.25, 0.3) is 6.01 Å². The van der Waals surface area contributed by atoms with Gasteiger partial charge in [0.15, 0.2) is 5.69 Å². The minimum atomic E-state index is -0.437. The van der Waals surface area contributed by atoms with Crippen molar-refractivity contribution in [3.8, 4) is 0 Å². The van der Waals surface area contributed by atoms with E-state index < -0.39 is 5.97 Å². The first-order valence-corrected chi connectivity index (χ1v) is 6.85. The molecule has 0 aliphatic carbocycles. The van der Waals surface area contributed by atoms with E-state index in [1.807, 2.05) is 11.8 Å². The minimum absolute atomic E-state index is 0.231. The zero-order chi connectivity index (χ0) is 13.7. The molecule has 0 radical (unpaired) electrons. The summed E-state index contributed by atoms with van der Waals surface area (Å²) in [4.78, 5) is 17.8. The number of carbonyl (C=O) groups is 1. The number of rotatable bonds is 6. The number of oxazole rings is 1. The topological polar surface area (TPSA) is 67.6 Å². The van der Waals surface area contributed by atoms with E-state index in [9.17, 15) is 4.79 Å². The summed E-state index contributed by atoms with van der Waals surface area (Å²) >= 11 is 0. The summed E-state index contributed by atoms with van der Waals surface area (Å²) in [5.74, 6) is -0.437. The first-order chi connectivity index (χ1) is 9.24. The van der Waals surface area contributed by atoms with Crippen molar-refractivity contribution in [1.29, 1.82) is 0 Å². The molecule has 0 spiro atoms. The number of hydrogen-bond donors (Lipinski definition) is 1. The lowest BCUT2D eigenvalue weighted by atomic mass is 10.2. The SMILES string of the molecule is CCOC(=O)c1coc(N(CC)CC2CCCN2)n1.